The monoisotopic (exact) mass is 371 g/mol. The Labute approximate surface area is 150 Å². The van der Waals surface area contributed by atoms with Crippen LogP contribution in [0.25, 0.3) is 11.0 Å². The van der Waals surface area contributed by atoms with Gasteiger partial charge in [0.2, 0.25) is 9.84 Å². The summed E-state index contributed by atoms with van der Waals surface area (Å²) < 4.78 is 31.6. The van der Waals surface area contributed by atoms with Crippen molar-refractivity contribution in [3.63, 3.8) is 0 Å². The highest BCUT2D eigenvalue weighted by atomic mass is 32.2. The van der Waals surface area contributed by atoms with Gasteiger partial charge < -0.3 is 14.4 Å². The number of carboxylic acid groups (broad SMARTS) is 1. The minimum atomic E-state index is -3.65. The summed E-state index contributed by atoms with van der Waals surface area (Å²) in [5.41, 5.74) is 2.30. The van der Waals surface area contributed by atoms with Crippen molar-refractivity contribution in [2.45, 2.75) is 29.7 Å². The van der Waals surface area contributed by atoms with Crippen LogP contribution in [-0.4, -0.2) is 31.1 Å². The van der Waals surface area contributed by atoms with E-state index in [1.807, 2.05) is 6.92 Å². The van der Waals surface area contributed by atoms with Crippen molar-refractivity contribution in [1.82, 2.24) is 4.90 Å². The predicted octanol–water partition coefficient (Wildman–Crippen LogP) is 3.61. The molecular formula is C19H17NO5S. The Morgan fingerprint density at radius 2 is 1.81 bits per heavy atom. The predicted molar refractivity (Wildman–Crippen MR) is 95.0 cm³/mol. The third-order valence-corrected chi connectivity index (χ3v) is 6.48. The number of fused-ring (bicyclic) bond motifs is 3. The van der Waals surface area contributed by atoms with Crippen molar-refractivity contribution in [1.29, 1.82) is 0 Å². The second-order valence-corrected chi connectivity index (χ2v) is 8.38. The molecule has 1 aliphatic heterocycles. The van der Waals surface area contributed by atoms with Crippen molar-refractivity contribution in [3.8, 4) is 0 Å². The summed E-state index contributed by atoms with van der Waals surface area (Å²) >= 11 is 0. The van der Waals surface area contributed by atoms with Crippen molar-refractivity contribution < 1.29 is 22.7 Å². The highest BCUT2D eigenvalue weighted by Gasteiger charge is 2.27. The Bertz CT molecular complexity index is 1110. The largest absolute Gasteiger partial charge is 0.465 e. The third kappa shape index (κ3) is 2.64. The van der Waals surface area contributed by atoms with Gasteiger partial charge in [0.05, 0.1) is 16.3 Å². The standard InChI is InChI=1S/C19H17NO5S/c1-12-2-4-13(5-3-12)26(23,24)14-6-7-17-15(10-14)16-11-20(19(21)22)9-8-18(16)25-17/h2-7,10H,8-9,11H2,1H3,(H,21,22). The molecule has 134 valence electrons. The summed E-state index contributed by atoms with van der Waals surface area (Å²) in [6.45, 7) is 2.47. The van der Waals surface area contributed by atoms with E-state index in [2.05, 4.69) is 0 Å². The normalized spacial score (nSPS) is 14.4. The summed E-state index contributed by atoms with van der Waals surface area (Å²) in [5.74, 6) is 0.724. The molecular weight excluding hydrogens is 354 g/mol. The lowest BCUT2D eigenvalue weighted by Gasteiger charge is -2.23. The van der Waals surface area contributed by atoms with Crippen LogP contribution in [-0.2, 0) is 22.8 Å². The van der Waals surface area contributed by atoms with Gasteiger partial charge in [-0.15, -0.1) is 0 Å². The van der Waals surface area contributed by atoms with E-state index in [0.29, 0.717) is 23.9 Å². The first-order chi connectivity index (χ1) is 12.4. The quantitative estimate of drug-likeness (QED) is 0.743. The number of benzene rings is 2. The van der Waals surface area contributed by atoms with E-state index in [9.17, 15) is 18.3 Å². The van der Waals surface area contributed by atoms with Gasteiger partial charge in [-0.25, -0.2) is 13.2 Å². The molecule has 0 saturated carbocycles. The molecule has 1 N–H and O–H groups in total. The first kappa shape index (κ1) is 16.7. The van der Waals surface area contributed by atoms with E-state index in [1.54, 1.807) is 36.4 Å². The van der Waals surface area contributed by atoms with Gasteiger partial charge in [0, 0.05) is 23.9 Å². The topological polar surface area (TPSA) is 87.8 Å². The summed E-state index contributed by atoms with van der Waals surface area (Å²) in [6, 6.07) is 11.4. The highest BCUT2D eigenvalue weighted by molar-refractivity contribution is 7.91. The fraction of sp³-hybridized carbons (Fsp3) is 0.211. The fourth-order valence-electron chi connectivity index (χ4n) is 3.24. The number of carbonyl (C=O) groups is 1. The lowest BCUT2D eigenvalue weighted by molar-refractivity contribution is 0.138. The Balaban J connectivity index is 1.82. The number of sulfone groups is 1. The molecule has 3 aromatic rings. The van der Waals surface area contributed by atoms with Gasteiger partial charge >= 0.3 is 6.09 Å². The molecule has 0 atom stereocenters. The first-order valence-electron chi connectivity index (χ1n) is 8.20. The van der Waals surface area contributed by atoms with Crippen molar-refractivity contribution in [2.24, 2.45) is 0 Å². The molecule has 7 heteroatoms. The number of aryl methyl sites for hydroxylation is 1. The maximum atomic E-state index is 12.9. The molecule has 1 amide bonds. The van der Waals surface area contributed by atoms with Crippen LogP contribution in [0.15, 0.2) is 56.7 Å². The Morgan fingerprint density at radius 3 is 2.50 bits per heavy atom. The van der Waals surface area contributed by atoms with E-state index in [1.165, 1.54) is 11.0 Å². The zero-order valence-corrected chi connectivity index (χ0v) is 14.9. The van der Waals surface area contributed by atoms with Gasteiger partial charge in [0.25, 0.3) is 0 Å². The smallest absolute Gasteiger partial charge is 0.407 e. The van der Waals surface area contributed by atoms with E-state index < -0.39 is 15.9 Å². The van der Waals surface area contributed by atoms with Crippen molar-refractivity contribution >= 4 is 26.9 Å². The van der Waals surface area contributed by atoms with Gasteiger partial charge in [-0.1, -0.05) is 17.7 Å². The number of nitrogens with zero attached hydrogens (tertiary/aromatic N) is 1. The lowest BCUT2D eigenvalue weighted by Crippen LogP contribution is -2.34. The van der Waals surface area contributed by atoms with Crippen LogP contribution in [0.2, 0.25) is 0 Å². The molecule has 4 rings (SSSR count). The number of rotatable bonds is 2. The second-order valence-electron chi connectivity index (χ2n) is 6.43. The van der Waals surface area contributed by atoms with Gasteiger partial charge in [-0.2, -0.15) is 0 Å². The fourth-order valence-corrected chi connectivity index (χ4v) is 4.53. The van der Waals surface area contributed by atoms with Crippen LogP contribution in [0.1, 0.15) is 16.9 Å². The number of furan rings is 1. The van der Waals surface area contributed by atoms with Crippen LogP contribution in [0, 0.1) is 6.92 Å². The van der Waals surface area contributed by atoms with E-state index in [-0.39, 0.29) is 16.3 Å². The minimum absolute atomic E-state index is 0.171. The Morgan fingerprint density at radius 1 is 1.12 bits per heavy atom. The van der Waals surface area contributed by atoms with E-state index in [0.717, 1.165) is 16.9 Å². The molecule has 0 fully saturated rings. The molecule has 0 aliphatic carbocycles. The van der Waals surface area contributed by atoms with E-state index >= 15 is 0 Å². The molecule has 0 unspecified atom stereocenters. The number of amides is 1. The SMILES string of the molecule is Cc1ccc(S(=O)(=O)c2ccc3oc4c(c3c2)CN(C(=O)O)CC4)cc1. The Kier molecular flexibility index (Phi) is 3.77. The molecule has 0 saturated heterocycles. The molecule has 6 nitrogen and oxygen atoms in total. The zero-order valence-electron chi connectivity index (χ0n) is 14.1. The average Bonchev–Trinajstić information content (AvgIpc) is 2.99. The highest BCUT2D eigenvalue weighted by Crippen LogP contribution is 2.33. The zero-order chi connectivity index (χ0) is 18.5. The molecule has 2 heterocycles. The summed E-state index contributed by atoms with van der Waals surface area (Å²) in [6.07, 6.45) is -0.510. The summed E-state index contributed by atoms with van der Waals surface area (Å²) in [7, 11) is -3.65. The molecule has 1 aliphatic rings. The third-order valence-electron chi connectivity index (χ3n) is 4.72. The van der Waals surface area contributed by atoms with Crippen LogP contribution in [0.3, 0.4) is 0 Å². The molecule has 26 heavy (non-hydrogen) atoms. The maximum absolute atomic E-state index is 12.9. The molecule has 2 aromatic carbocycles. The molecule has 0 bridgehead atoms. The summed E-state index contributed by atoms with van der Waals surface area (Å²) in [5, 5.41) is 9.88. The molecule has 0 radical (unpaired) electrons. The summed E-state index contributed by atoms with van der Waals surface area (Å²) in [4.78, 5) is 13.0. The lowest BCUT2D eigenvalue weighted by atomic mass is 10.1. The van der Waals surface area contributed by atoms with Gasteiger partial charge in [-0.05, 0) is 37.3 Å². The molecule has 1 aromatic heterocycles. The number of hydrogen-bond donors (Lipinski definition) is 1. The minimum Gasteiger partial charge on any atom is -0.465 e. The molecule has 0 spiro atoms. The van der Waals surface area contributed by atoms with Crippen molar-refractivity contribution in [2.75, 3.05) is 6.54 Å². The van der Waals surface area contributed by atoms with Gasteiger partial charge in [-0.3, -0.25) is 0 Å². The second kappa shape index (κ2) is 5.88. The Hall–Kier alpha value is -2.80. The number of hydrogen-bond acceptors (Lipinski definition) is 4. The van der Waals surface area contributed by atoms with Crippen LogP contribution in [0.5, 0.6) is 0 Å². The van der Waals surface area contributed by atoms with Gasteiger partial charge in [0.1, 0.15) is 11.3 Å². The van der Waals surface area contributed by atoms with Crippen LogP contribution in [0.4, 0.5) is 4.79 Å². The van der Waals surface area contributed by atoms with Crippen LogP contribution < -0.4 is 0 Å². The maximum Gasteiger partial charge on any atom is 0.407 e. The van der Waals surface area contributed by atoms with Gasteiger partial charge in [0.15, 0.2) is 0 Å². The average molecular weight is 371 g/mol. The van der Waals surface area contributed by atoms with Crippen LogP contribution >= 0.6 is 0 Å². The first-order valence-corrected chi connectivity index (χ1v) is 9.68. The van der Waals surface area contributed by atoms with Crippen molar-refractivity contribution in [3.05, 3.63) is 59.4 Å². The van der Waals surface area contributed by atoms with E-state index in [4.69, 9.17) is 4.42 Å².